The summed E-state index contributed by atoms with van der Waals surface area (Å²) >= 11 is 1.76. The monoisotopic (exact) mass is 376 g/mol. The quantitative estimate of drug-likeness (QED) is 0.622. The lowest BCUT2D eigenvalue weighted by Crippen LogP contribution is -2.52. The summed E-state index contributed by atoms with van der Waals surface area (Å²) in [5, 5.41) is 16.9. The molecule has 2 N–H and O–H groups in total. The number of nitrogens with one attached hydrogen (secondary N) is 1. The number of hydrogen-bond donors (Lipinski definition) is 2. The molecule has 1 aliphatic rings. The number of piperazine rings is 1. The largest absolute Gasteiger partial charge is 0.386 e. The molecule has 0 amide bonds. The van der Waals surface area contributed by atoms with E-state index in [1.54, 1.807) is 29.5 Å². The SMILES string of the molecule is CCNC(=NCC(O)c1ccccc1F)N1CCN(c2cccs2)CC1. The second kappa shape index (κ2) is 9.00. The van der Waals surface area contributed by atoms with Crippen molar-refractivity contribution in [3.63, 3.8) is 0 Å². The molecular formula is C19H25FN4OS. The zero-order valence-corrected chi connectivity index (χ0v) is 15.8. The Kier molecular flexibility index (Phi) is 6.46. The van der Waals surface area contributed by atoms with Gasteiger partial charge in [0.05, 0.1) is 11.5 Å². The third kappa shape index (κ3) is 4.53. The van der Waals surface area contributed by atoms with Crippen molar-refractivity contribution in [2.45, 2.75) is 13.0 Å². The lowest BCUT2D eigenvalue weighted by Gasteiger charge is -2.37. The molecule has 0 saturated carbocycles. The van der Waals surface area contributed by atoms with Crippen molar-refractivity contribution in [3.05, 3.63) is 53.2 Å². The number of rotatable bonds is 5. The fourth-order valence-electron chi connectivity index (χ4n) is 3.03. The van der Waals surface area contributed by atoms with Gasteiger partial charge in [-0.3, -0.25) is 4.99 Å². The molecule has 0 aliphatic carbocycles. The first-order valence-corrected chi connectivity index (χ1v) is 9.81. The highest BCUT2D eigenvalue weighted by Gasteiger charge is 2.21. The second-order valence-electron chi connectivity index (χ2n) is 6.16. The number of thiophene rings is 1. The predicted octanol–water partition coefficient (Wildman–Crippen LogP) is 2.71. The second-order valence-corrected chi connectivity index (χ2v) is 7.08. The van der Waals surface area contributed by atoms with Crippen molar-refractivity contribution in [1.82, 2.24) is 10.2 Å². The van der Waals surface area contributed by atoms with Crippen LogP contribution in [0.4, 0.5) is 9.39 Å². The normalized spacial score (nSPS) is 16.7. The molecule has 1 aliphatic heterocycles. The molecule has 1 aromatic carbocycles. The van der Waals surface area contributed by atoms with Crippen LogP contribution in [0.2, 0.25) is 0 Å². The van der Waals surface area contributed by atoms with Crippen molar-refractivity contribution in [1.29, 1.82) is 0 Å². The molecule has 1 saturated heterocycles. The van der Waals surface area contributed by atoms with Gasteiger partial charge in [0.25, 0.3) is 0 Å². The highest BCUT2D eigenvalue weighted by molar-refractivity contribution is 7.14. The van der Waals surface area contributed by atoms with Gasteiger partial charge < -0.3 is 20.2 Å². The van der Waals surface area contributed by atoms with Crippen LogP contribution in [0, 0.1) is 5.82 Å². The highest BCUT2D eigenvalue weighted by Crippen LogP contribution is 2.22. The Bertz CT molecular complexity index is 714. The van der Waals surface area contributed by atoms with E-state index in [0.717, 1.165) is 38.7 Å². The van der Waals surface area contributed by atoms with Crippen LogP contribution in [-0.4, -0.2) is 55.2 Å². The van der Waals surface area contributed by atoms with Gasteiger partial charge in [-0.1, -0.05) is 18.2 Å². The number of guanidine groups is 1. The van der Waals surface area contributed by atoms with Gasteiger partial charge in [0, 0.05) is 38.3 Å². The smallest absolute Gasteiger partial charge is 0.194 e. The van der Waals surface area contributed by atoms with Gasteiger partial charge in [-0.15, -0.1) is 11.3 Å². The van der Waals surface area contributed by atoms with Crippen LogP contribution in [0.25, 0.3) is 0 Å². The molecule has 7 heteroatoms. The molecule has 0 radical (unpaired) electrons. The number of hydrogen-bond acceptors (Lipinski definition) is 4. The van der Waals surface area contributed by atoms with Gasteiger partial charge in [-0.05, 0) is 30.5 Å². The van der Waals surface area contributed by atoms with E-state index in [1.165, 1.54) is 11.1 Å². The van der Waals surface area contributed by atoms with E-state index >= 15 is 0 Å². The van der Waals surface area contributed by atoms with Crippen LogP contribution < -0.4 is 10.2 Å². The average molecular weight is 377 g/mol. The predicted molar refractivity (Wildman–Crippen MR) is 105 cm³/mol. The van der Waals surface area contributed by atoms with Crippen LogP contribution in [0.3, 0.4) is 0 Å². The van der Waals surface area contributed by atoms with Crippen LogP contribution in [0.1, 0.15) is 18.6 Å². The van der Waals surface area contributed by atoms with E-state index in [-0.39, 0.29) is 12.1 Å². The van der Waals surface area contributed by atoms with Crippen LogP contribution in [0.5, 0.6) is 0 Å². The van der Waals surface area contributed by atoms with E-state index in [1.807, 2.05) is 6.92 Å². The Morgan fingerprint density at radius 1 is 1.23 bits per heavy atom. The van der Waals surface area contributed by atoms with E-state index in [2.05, 4.69) is 37.6 Å². The number of benzene rings is 1. The zero-order valence-electron chi connectivity index (χ0n) is 14.9. The average Bonchev–Trinajstić information content (AvgIpc) is 3.20. The lowest BCUT2D eigenvalue weighted by atomic mass is 10.1. The van der Waals surface area contributed by atoms with Gasteiger partial charge in [-0.25, -0.2) is 4.39 Å². The van der Waals surface area contributed by atoms with Gasteiger partial charge in [0.2, 0.25) is 0 Å². The summed E-state index contributed by atoms with van der Waals surface area (Å²) in [5.41, 5.74) is 0.287. The van der Waals surface area contributed by atoms with Gasteiger partial charge in [0.15, 0.2) is 5.96 Å². The van der Waals surface area contributed by atoms with Crippen LogP contribution in [-0.2, 0) is 0 Å². The highest BCUT2D eigenvalue weighted by atomic mass is 32.1. The molecule has 1 fully saturated rings. The maximum atomic E-state index is 13.8. The molecule has 0 spiro atoms. The molecule has 1 aromatic heterocycles. The Hall–Kier alpha value is -2.12. The third-order valence-corrected chi connectivity index (χ3v) is 5.34. The Morgan fingerprint density at radius 3 is 2.65 bits per heavy atom. The summed E-state index contributed by atoms with van der Waals surface area (Å²) in [5.74, 6) is 0.374. The summed E-state index contributed by atoms with van der Waals surface area (Å²) in [6.07, 6.45) is -0.947. The number of nitrogens with zero attached hydrogens (tertiary/aromatic N) is 3. The number of anilines is 1. The van der Waals surface area contributed by atoms with Crippen molar-refractivity contribution in [2.75, 3.05) is 44.2 Å². The molecule has 3 rings (SSSR count). The van der Waals surface area contributed by atoms with Gasteiger partial charge in [-0.2, -0.15) is 0 Å². The molecule has 2 aromatic rings. The maximum Gasteiger partial charge on any atom is 0.194 e. The first-order valence-electron chi connectivity index (χ1n) is 8.93. The standard InChI is InChI=1S/C19H25FN4OS/c1-2-21-19(22-14-17(25)15-6-3-4-7-16(15)20)24-11-9-23(10-12-24)18-8-5-13-26-18/h3-8,13,17,25H,2,9-12,14H2,1H3,(H,21,22). The zero-order chi connectivity index (χ0) is 18.4. The Balaban J connectivity index is 1.62. The molecular weight excluding hydrogens is 351 g/mol. The van der Waals surface area contributed by atoms with Crippen molar-refractivity contribution >= 4 is 22.3 Å². The van der Waals surface area contributed by atoms with Crippen molar-refractivity contribution < 1.29 is 9.50 Å². The third-order valence-electron chi connectivity index (χ3n) is 4.41. The summed E-state index contributed by atoms with van der Waals surface area (Å²) in [4.78, 5) is 9.11. The van der Waals surface area contributed by atoms with E-state index in [9.17, 15) is 9.50 Å². The minimum Gasteiger partial charge on any atom is -0.386 e. The number of halogens is 1. The summed E-state index contributed by atoms with van der Waals surface area (Å²) < 4.78 is 13.8. The number of aliphatic imine (C=N–C) groups is 1. The first kappa shape index (κ1) is 18.7. The maximum absolute atomic E-state index is 13.8. The molecule has 1 unspecified atom stereocenters. The summed E-state index contributed by atoms with van der Waals surface area (Å²) in [6.45, 7) is 6.49. The molecule has 5 nitrogen and oxygen atoms in total. The van der Waals surface area contributed by atoms with Crippen LogP contribution in [0.15, 0.2) is 46.8 Å². The van der Waals surface area contributed by atoms with E-state index in [4.69, 9.17) is 0 Å². The minimum absolute atomic E-state index is 0.133. The van der Waals surface area contributed by atoms with Gasteiger partial charge >= 0.3 is 0 Å². The van der Waals surface area contributed by atoms with Crippen LogP contribution >= 0.6 is 11.3 Å². The molecule has 1 atom stereocenters. The number of aliphatic hydroxyl groups is 1. The summed E-state index contributed by atoms with van der Waals surface area (Å²) in [6, 6.07) is 10.5. The molecule has 140 valence electrons. The Labute approximate surface area is 157 Å². The molecule has 0 bridgehead atoms. The number of aliphatic hydroxyl groups excluding tert-OH is 1. The fourth-order valence-corrected chi connectivity index (χ4v) is 3.82. The first-order chi connectivity index (χ1) is 12.7. The van der Waals surface area contributed by atoms with Gasteiger partial charge in [0.1, 0.15) is 11.9 Å². The molecule has 26 heavy (non-hydrogen) atoms. The van der Waals surface area contributed by atoms with Crippen molar-refractivity contribution in [3.8, 4) is 0 Å². The molecule has 2 heterocycles. The van der Waals surface area contributed by atoms with Crippen molar-refractivity contribution in [2.24, 2.45) is 4.99 Å². The fraction of sp³-hybridized carbons (Fsp3) is 0.421. The lowest BCUT2D eigenvalue weighted by molar-refractivity contribution is 0.181. The van der Waals surface area contributed by atoms with E-state index in [0.29, 0.717) is 0 Å². The topological polar surface area (TPSA) is 51.1 Å². The minimum atomic E-state index is -0.947. The summed E-state index contributed by atoms with van der Waals surface area (Å²) in [7, 11) is 0. The Morgan fingerprint density at radius 2 is 2.00 bits per heavy atom. The van der Waals surface area contributed by atoms with E-state index < -0.39 is 11.9 Å².